The van der Waals surface area contributed by atoms with E-state index in [0.29, 0.717) is 23.4 Å². The fraction of sp³-hybridized carbons (Fsp3) is 0.615. The van der Waals surface area contributed by atoms with Gasteiger partial charge in [0, 0.05) is 36.8 Å². The van der Waals surface area contributed by atoms with Crippen molar-refractivity contribution in [2.75, 3.05) is 39.5 Å². The SMILES string of the molecule is CCN(C(C)CN(C)C)S(=O)(=O)c1cc(Br)cnc1NC. The van der Waals surface area contributed by atoms with Gasteiger partial charge in [-0.05, 0) is 43.0 Å². The molecule has 1 heterocycles. The van der Waals surface area contributed by atoms with Crippen LogP contribution in [0.2, 0.25) is 0 Å². The van der Waals surface area contributed by atoms with E-state index in [4.69, 9.17) is 0 Å². The first-order valence-electron chi connectivity index (χ1n) is 6.73. The van der Waals surface area contributed by atoms with Gasteiger partial charge in [0.1, 0.15) is 10.7 Å². The normalized spacial score (nSPS) is 13.7. The zero-order valence-electron chi connectivity index (χ0n) is 13.1. The van der Waals surface area contributed by atoms with Crippen molar-refractivity contribution in [3.63, 3.8) is 0 Å². The standard InChI is InChI=1S/C13H23BrN4O2S/c1-6-18(10(2)9-17(4)5)21(19,20)12-7-11(14)8-16-13(12)15-3/h7-8,10H,6,9H2,1-5H3,(H,15,16). The van der Waals surface area contributed by atoms with Crippen LogP contribution in [0.25, 0.3) is 0 Å². The van der Waals surface area contributed by atoms with E-state index in [1.54, 1.807) is 19.3 Å². The second kappa shape index (κ2) is 7.53. The molecule has 120 valence electrons. The minimum atomic E-state index is -3.61. The Hall–Kier alpha value is -0.700. The van der Waals surface area contributed by atoms with Gasteiger partial charge >= 0.3 is 0 Å². The van der Waals surface area contributed by atoms with Crippen LogP contribution in [0.1, 0.15) is 13.8 Å². The molecule has 1 rings (SSSR count). The second-order valence-corrected chi connectivity index (χ2v) is 7.84. The summed E-state index contributed by atoms with van der Waals surface area (Å²) in [6.45, 7) is 4.82. The molecule has 0 aliphatic rings. The Labute approximate surface area is 135 Å². The van der Waals surface area contributed by atoms with Gasteiger partial charge in [0.2, 0.25) is 10.0 Å². The van der Waals surface area contributed by atoms with Gasteiger partial charge in [0.25, 0.3) is 0 Å². The van der Waals surface area contributed by atoms with Crippen LogP contribution in [0.4, 0.5) is 5.82 Å². The van der Waals surface area contributed by atoms with E-state index in [1.165, 1.54) is 4.31 Å². The summed E-state index contributed by atoms with van der Waals surface area (Å²) >= 11 is 3.28. The lowest BCUT2D eigenvalue weighted by Crippen LogP contribution is -2.43. The Morgan fingerprint density at radius 1 is 1.43 bits per heavy atom. The Morgan fingerprint density at radius 2 is 2.05 bits per heavy atom. The summed E-state index contributed by atoms with van der Waals surface area (Å²) < 4.78 is 28.0. The number of nitrogens with zero attached hydrogens (tertiary/aromatic N) is 3. The fourth-order valence-corrected chi connectivity index (χ4v) is 4.56. The lowest BCUT2D eigenvalue weighted by Gasteiger charge is -2.29. The number of pyridine rings is 1. The number of aromatic nitrogens is 1. The van der Waals surface area contributed by atoms with Gasteiger partial charge in [-0.3, -0.25) is 0 Å². The Balaban J connectivity index is 3.27. The molecular formula is C13H23BrN4O2S. The maximum Gasteiger partial charge on any atom is 0.247 e. The molecule has 8 heteroatoms. The molecule has 0 spiro atoms. The van der Waals surface area contributed by atoms with E-state index in [0.717, 1.165) is 0 Å². The Bertz CT molecular complexity index is 578. The van der Waals surface area contributed by atoms with E-state index in [9.17, 15) is 8.42 Å². The molecule has 0 fully saturated rings. The van der Waals surface area contributed by atoms with Gasteiger partial charge in [-0.1, -0.05) is 6.92 Å². The van der Waals surface area contributed by atoms with Gasteiger partial charge < -0.3 is 10.2 Å². The zero-order valence-corrected chi connectivity index (χ0v) is 15.5. The number of sulfonamides is 1. The molecule has 0 radical (unpaired) electrons. The summed E-state index contributed by atoms with van der Waals surface area (Å²) in [6.07, 6.45) is 1.57. The second-order valence-electron chi connectivity index (χ2n) is 5.07. The van der Waals surface area contributed by atoms with Crippen LogP contribution >= 0.6 is 15.9 Å². The van der Waals surface area contributed by atoms with Crippen molar-refractivity contribution in [1.29, 1.82) is 0 Å². The van der Waals surface area contributed by atoms with Crippen LogP contribution in [0, 0.1) is 0 Å². The van der Waals surface area contributed by atoms with E-state index < -0.39 is 10.0 Å². The molecule has 1 atom stereocenters. The van der Waals surface area contributed by atoms with Crippen LogP contribution in [-0.2, 0) is 10.0 Å². The van der Waals surface area contributed by atoms with Crippen molar-refractivity contribution in [1.82, 2.24) is 14.2 Å². The monoisotopic (exact) mass is 378 g/mol. The maximum atomic E-state index is 12.9. The Morgan fingerprint density at radius 3 is 2.52 bits per heavy atom. The van der Waals surface area contributed by atoms with Crippen molar-refractivity contribution in [2.45, 2.75) is 24.8 Å². The van der Waals surface area contributed by atoms with Crippen LogP contribution in [0.15, 0.2) is 21.6 Å². The third-order valence-corrected chi connectivity index (χ3v) is 5.61. The molecule has 0 aliphatic carbocycles. The quantitative estimate of drug-likeness (QED) is 0.783. The average Bonchev–Trinajstić information content (AvgIpc) is 2.38. The Kier molecular flexibility index (Phi) is 6.58. The first-order chi connectivity index (χ1) is 9.73. The molecule has 1 N–H and O–H groups in total. The zero-order chi connectivity index (χ0) is 16.2. The summed E-state index contributed by atoms with van der Waals surface area (Å²) in [6, 6.07) is 1.46. The number of anilines is 1. The van der Waals surface area contributed by atoms with Gasteiger partial charge in [-0.25, -0.2) is 13.4 Å². The minimum absolute atomic E-state index is 0.126. The highest BCUT2D eigenvalue weighted by Crippen LogP contribution is 2.26. The lowest BCUT2D eigenvalue weighted by molar-refractivity contribution is 0.271. The highest BCUT2D eigenvalue weighted by molar-refractivity contribution is 9.10. The van der Waals surface area contributed by atoms with E-state index in [2.05, 4.69) is 26.2 Å². The highest BCUT2D eigenvalue weighted by atomic mass is 79.9. The van der Waals surface area contributed by atoms with Crippen LogP contribution in [-0.4, -0.2) is 62.9 Å². The number of likely N-dealkylation sites (N-methyl/N-ethyl adjacent to an activating group) is 2. The molecule has 0 bridgehead atoms. The molecule has 1 aromatic rings. The number of halogens is 1. The first-order valence-corrected chi connectivity index (χ1v) is 8.97. The van der Waals surface area contributed by atoms with Crippen molar-refractivity contribution in [2.24, 2.45) is 0 Å². The predicted octanol–water partition coefficient (Wildman–Crippen LogP) is 1.85. The molecule has 0 amide bonds. The van der Waals surface area contributed by atoms with Crippen molar-refractivity contribution >= 4 is 31.8 Å². The molecule has 1 aromatic heterocycles. The number of hydrogen-bond donors (Lipinski definition) is 1. The molecule has 0 saturated heterocycles. The maximum absolute atomic E-state index is 12.9. The van der Waals surface area contributed by atoms with E-state index in [-0.39, 0.29) is 10.9 Å². The van der Waals surface area contributed by atoms with Crippen molar-refractivity contribution in [3.05, 3.63) is 16.7 Å². The van der Waals surface area contributed by atoms with Crippen LogP contribution < -0.4 is 5.32 Å². The van der Waals surface area contributed by atoms with Gasteiger partial charge in [-0.15, -0.1) is 0 Å². The van der Waals surface area contributed by atoms with Crippen LogP contribution in [0.3, 0.4) is 0 Å². The molecular weight excluding hydrogens is 356 g/mol. The smallest absolute Gasteiger partial charge is 0.247 e. The molecule has 0 aromatic carbocycles. The summed E-state index contributed by atoms with van der Waals surface area (Å²) in [5.74, 6) is 0.355. The average molecular weight is 379 g/mol. The highest BCUT2D eigenvalue weighted by Gasteiger charge is 2.30. The molecule has 6 nitrogen and oxygen atoms in total. The first kappa shape index (κ1) is 18.3. The summed E-state index contributed by atoms with van der Waals surface area (Å²) in [7, 11) is 1.91. The number of hydrogen-bond acceptors (Lipinski definition) is 5. The topological polar surface area (TPSA) is 65.5 Å². The minimum Gasteiger partial charge on any atom is -0.372 e. The van der Waals surface area contributed by atoms with E-state index >= 15 is 0 Å². The summed E-state index contributed by atoms with van der Waals surface area (Å²) in [5, 5.41) is 2.84. The molecule has 0 saturated carbocycles. The van der Waals surface area contributed by atoms with Gasteiger partial charge in [0.15, 0.2) is 0 Å². The number of nitrogens with one attached hydrogen (secondary N) is 1. The summed E-state index contributed by atoms with van der Waals surface area (Å²) in [4.78, 5) is 6.29. The summed E-state index contributed by atoms with van der Waals surface area (Å²) in [5.41, 5.74) is 0. The van der Waals surface area contributed by atoms with Gasteiger partial charge in [0.05, 0.1) is 0 Å². The van der Waals surface area contributed by atoms with Crippen LogP contribution in [0.5, 0.6) is 0 Å². The molecule has 1 unspecified atom stereocenters. The fourth-order valence-electron chi connectivity index (χ4n) is 2.27. The largest absolute Gasteiger partial charge is 0.372 e. The predicted molar refractivity (Wildman–Crippen MR) is 89.1 cm³/mol. The third kappa shape index (κ3) is 4.38. The molecule has 0 aliphatic heterocycles. The van der Waals surface area contributed by atoms with Crippen molar-refractivity contribution < 1.29 is 8.42 Å². The number of rotatable bonds is 7. The third-order valence-electron chi connectivity index (χ3n) is 3.08. The lowest BCUT2D eigenvalue weighted by atomic mass is 10.3. The van der Waals surface area contributed by atoms with Gasteiger partial charge in [-0.2, -0.15) is 4.31 Å². The van der Waals surface area contributed by atoms with E-state index in [1.807, 2.05) is 32.8 Å². The molecule has 21 heavy (non-hydrogen) atoms. The van der Waals surface area contributed by atoms with Crippen molar-refractivity contribution in [3.8, 4) is 0 Å².